The van der Waals surface area contributed by atoms with Gasteiger partial charge in [0.2, 0.25) is 10.0 Å². The van der Waals surface area contributed by atoms with Crippen molar-refractivity contribution in [2.75, 3.05) is 5.43 Å². The van der Waals surface area contributed by atoms with E-state index in [1.165, 1.54) is 36.5 Å². The molecule has 0 spiro atoms. The highest BCUT2D eigenvalue weighted by Crippen LogP contribution is 2.13. The first-order valence-electron chi connectivity index (χ1n) is 5.68. The van der Waals surface area contributed by atoms with Crippen molar-refractivity contribution < 1.29 is 12.8 Å². The van der Waals surface area contributed by atoms with Crippen molar-refractivity contribution in [3.8, 4) is 0 Å². The van der Waals surface area contributed by atoms with E-state index >= 15 is 0 Å². The summed E-state index contributed by atoms with van der Waals surface area (Å²) in [6.07, 6.45) is 1.31. The third-order valence-electron chi connectivity index (χ3n) is 2.60. The summed E-state index contributed by atoms with van der Waals surface area (Å²) in [5, 5.41) is 0. The summed E-state index contributed by atoms with van der Waals surface area (Å²) in [5.41, 5.74) is 2.53. The van der Waals surface area contributed by atoms with Crippen LogP contribution in [0.3, 0.4) is 0 Å². The van der Waals surface area contributed by atoms with Gasteiger partial charge in [0.25, 0.3) is 0 Å². The van der Waals surface area contributed by atoms with Gasteiger partial charge in [0.05, 0.1) is 4.90 Å². The van der Waals surface area contributed by atoms with E-state index in [1.54, 1.807) is 6.07 Å². The monoisotopic (exact) mass is 296 g/mol. The van der Waals surface area contributed by atoms with E-state index in [-0.39, 0.29) is 22.8 Å². The highest BCUT2D eigenvalue weighted by Gasteiger charge is 2.15. The summed E-state index contributed by atoms with van der Waals surface area (Å²) in [6, 6.07) is 8.56. The molecular formula is C12H13FN4O2S. The number of rotatable bonds is 5. The molecule has 0 atom stereocenters. The third-order valence-corrected chi connectivity index (χ3v) is 4.00. The molecule has 106 valence electrons. The fourth-order valence-electron chi connectivity index (χ4n) is 1.56. The SMILES string of the molecule is NNc1cc(S(=O)(=O)NCc2ccccc2F)ccn1. The number of aromatic nitrogens is 1. The average Bonchev–Trinajstić information content (AvgIpc) is 2.46. The molecular weight excluding hydrogens is 283 g/mol. The molecule has 1 heterocycles. The summed E-state index contributed by atoms with van der Waals surface area (Å²) in [6.45, 7) is -0.136. The van der Waals surface area contributed by atoms with Crippen LogP contribution in [0, 0.1) is 5.82 Å². The van der Waals surface area contributed by atoms with Gasteiger partial charge in [-0.15, -0.1) is 0 Å². The van der Waals surface area contributed by atoms with Crippen molar-refractivity contribution in [1.29, 1.82) is 0 Å². The Hall–Kier alpha value is -2.03. The summed E-state index contributed by atoms with van der Waals surface area (Å²) in [4.78, 5) is 3.81. The smallest absolute Gasteiger partial charge is 0.241 e. The van der Waals surface area contributed by atoms with E-state index in [1.807, 2.05) is 0 Å². The minimum absolute atomic E-state index is 0.00297. The molecule has 0 fully saturated rings. The molecule has 0 radical (unpaired) electrons. The summed E-state index contributed by atoms with van der Waals surface area (Å²) < 4.78 is 39.8. The molecule has 2 rings (SSSR count). The van der Waals surface area contributed by atoms with Crippen molar-refractivity contribution in [3.63, 3.8) is 0 Å². The van der Waals surface area contributed by atoms with Crippen LogP contribution in [0.5, 0.6) is 0 Å². The largest absolute Gasteiger partial charge is 0.308 e. The molecule has 0 bridgehead atoms. The number of anilines is 1. The Balaban J connectivity index is 2.17. The van der Waals surface area contributed by atoms with Gasteiger partial charge >= 0.3 is 0 Å². The topological polar surface area (TPSA) is 97.1 Å². The Labute approximate surface area is 115 Å². The fraction of sp³-hybridized carbons (Fsp3) is 0.0833. The molecule has 20 heavy (non-hydrogen) atoms. The molecule has 0 aliphatic carbocycles. The molecule has 0 unspecified atom stereocenters. The van der Waals surface area contributed by atoms with Crippen molar-refractivity contribution >= 4 is 15.8 Å². The van der Waals surface area contributed by atoms with Crippen LogP contribution in [0.2, 0.25) is 0 Å². The normalized spacial score (nSPS) is 11.3. The molecule has 1 aromatic heterocycles. The van der Waals surface area contributed by atoms with Crippen LogP contribution in [0.1, 0.15) is 5.56 Å². The molecule has 0 amide bonds. The maximum Gasteiger partial charge on any atom is 0.241 e. The number of nitrogen functional groups attached to an aromatic ring is 1. The lowest BCUT2D eigenvalue weighted by Gasteiger charge is -2.08. The number of pyridine rings is 1. The summed E-state index contributed by atoms with van der Waals surface area (Å²) in [7, 11) is -3.76. The van der Waals surface area contributed by atoms with Gasteiger partial charge in [-0.05, 0) is 12.1 Å². The molecule has 0 aliphatic heterocycles. The van der Waals surface area contributed by atoms with E-state index < -0.39 is 15.8 Å². The molecule has 6 nitrogen and oxygen atoms in total. The Bertz CT molecular complexity index is 706. The van der Waals surface area contributed by atoms with Gasteiger partial charge in [0.1, 0.15) is 11.6 Å². The van der Waals surface area contributed by atoms with Gasteiger partial charge in [0, 0.05) is 24.4 Å². The number of sulfonamides is 1. The zero-order valence-electron chi connectivity index (χ0n) is 10.4. The van der Waals surface area contributed by atoms with Gasteiger partial charge in [-0.2, -0.15) is 0 Å². The van der Waals surface area contributed by atoms with Crippen LogP contribution < -0.4 is 16.0 Å². The van der Waals surface area contributed by atoms with Crippen LogP contribution in [-0.4, -0.2) is 13.4 Å². The van der Waals surface area contributed by atoms with Gasteiger partial charge < -0.3 is 5.43 Å². The van der Waals surface area contributed by atoms with E-state index in [9.17, 15) is 12.8 Å². The first kappa shape index (κ1) is 14.4. The quantitative estimate of drug-likeness (QED) is 0.564. The van der Waals surface area contributed by atoms with Crippen molar-refractivity contribution in [2.45, 2.75) is 11.4 Å². The zero-order valence-corrected chi connectivity index (χ0v) is 11.2. The predicted octanol–water partition coefficient (Wildman–Crippen LogP) is 0.985. The zero-order chi connectivity index (χ0) is 14.6. The van der Waals surface area contributed by atoms with E-state index in [2.05, 4.69) is 15.1 Å². The standard InChI is InChI=1S/C12H13FN4O2S/c13-11-4-2-1-3-9(11)8-16-20(18,19)10-5-6-15-12(7-10)17-14/h1-7,16H,8,14H2,(H,15,17). The van der Waals surface area contributed by atoms with Crippen molar-refractivity contribution in [3.05, 3.63) is 54.0 Å². The minimum Gasteiger partial charge on any atom is -0.308 e. The Kier molecular flexibility index (Phi) is 4.28. The number of hydrogen-bond donors (Lipinski definition) is 3. The van der Waals surface area contributed by atoms with Crippen molar-refractivity contribution in [2.24, 2.45) is 5.84 Å². The Morgan fingerprint density at radius 1 is 1.25 bits per heavy atom. The molecule has 8 heteroatoms. The lowest BCUT2D eigenvalue weighted by Crippen LogP contribution is -2.24. The molecule has 4 N–H and O–H groups in total. The predicted molar refractivity (Wildman–Crippen MR) is 72.5 cm³/mol. The lowest BCUT2D eigenvalue weighted by atomic mass is 10.2. The van der Waals surface area contributed by atoms with Crippen LogP contribution in [0.4, 0.5) is 10.2 Å². The summed E-state index contributed by atoms with van der Waals surface area (Å²) in [5.74, 6) is 4.93. The molecule has 0 aliphatic rings. The summed E-state index contributed by atoms with van der Waals surface area (Å²) >= 11 is 0. The number of nitrogens with one attached hydrogen (secondary N) is 2. The molecule has 2 aromatic rings. The number of benzene rings is 1. The van der Waals surface area contributed by atoms with Crippen LogP contribution in [0.25, 0.3) is 0 Å². The van der Waals surface area contributed by atoms with Crippen molar-refractivity contribution in [1.82, 2.24) is 9.71 Å². The number of hydrogen-bond acceptors (Lipinski definition) is 5. The Morgan fingerprint density at radius 3 is 2.70 bits per heavy atom. The highest BCUT2D eigenvalue weighted by molar-refractivity contribution is 7.89. The van der Waals surface area contributed by atoms with Gasteiger partial charge in [-0.1, -0.05) is 18.2 Å². The second-order valence-electron chi connectivity index (χ2n) is 3.94. The first-order chi connectivity index (χ1) is 9.53. The maximum absolute atomic E-state index is 13.4. The number of halogens is 1. The molecule has 0 saturated carbocycles. The van der Waals surface area contributed by atoms with Crippen LogP contribution >= 0.6 is 0 Å². The van der Waals surface area contributed by atoms with Gasteiger partial charge in [0.15, 0.2) is 0 Å². The number of hydrazine groups is 1. The van der Waals surface area contributed by atoms with Gasteiger partial charge in [-0.25, -0.2) is 28.4 Å². The lowest BCUT2D eigenvalue weighted by molar-refractivity contribution is 0.574. The molecule has 0 saturated heterocycles. The maximum atomic E-state index is 13.4. The first-order valence-corrected chi connectivity index (χ1v) is 7.17. The second-order valence-corrected chi connectivity index (χ2v) is 5.70. The third kappa shape index (κ3) is 3.29. The highest BCUT2D eigenvalue weighted by atomic mass is 32.2. The van der Waals surface area contributed by atoms with Crippen LogP contribution in [-0.2, 0) is 16.6 Å². The van der Waals surface area contributed by atoms with E-state index in [0.29, 0.717) is 0 Å². The minimum atomic E-state index is -3.76. The van der Waals surface area contributed by atoms with Crippen LogP contribution in [0.15, 0.2) is 47.5 Å². The fourth-order valence-corrected chi connectivity index (χ4v) is 2.57. The molecule has 1 aromatic carbocycles. The Morgan fingerprint density at radius 2 is 2.00 bits per heavy atom. The average molecular weight is 296 g/mol. The van der Waals surface area contributed by atoms with E-state index in [0.717, 1.165) is 0 Å². The van der Waals surface area contributed by atoms with Gasteiger partial charge in [-0.3, -0.25) is 0 Å². The second kappa shape index (κ2) is 5.95. The van der Waals surface area contributed by atoms with E-state index in [4.69, 9.17) is 5.84 Å². The number of nitrogens with two attached hydrogens (primary N) is 1. The number of nitrogens with zero attached hydrogens (tertiary/aromatic N) is 1.